The zero-order valence-corrected chi connectivity index (χ0v) is 13.9. The van der Waals surface area contributed by atoms with E-state index in [1.807, 2.05) is 12.1 Å². The molecule has 3 aromatic rings. The molecule has 0 spiro atoms. The van der Waals surface area contributed by atoms with Gasteiger partial charge in [0.05, 0.1) is 30.5 Å². The van der Waals surface area contributed by atoms with Crippen LogP contribution in [-0.2, 0) is 17.9 Å². The molecule has 0 atom stereocenters. The summed E-state index contributed by atoms with van der Waals surface area (Å²) in [7, 11) is 0. The molecule has 26 heavy (non-hydrogen) atoms. The summed E-state index contributed by atoms with van der Waals surface area (Å²) in [6.07, 6.45) is 8.66. The average Bonchev–Trinajstić information content (AvgIpc) is 3.40. The molecule has 1 saturated carbocycles. The van der Waals surface area contributed by atoms with Crippen LogP contribution in [0.2, 0.25) is 0 Å². The summed E-state index contributed by atoms with van der Waals surface area (Å²) >= 11 is 0. The van der Waals surface area contributed by atoms with Crippen LogP contribution in [-0.4, -0.2) is 35.4 Å². The third kappa shape index (κ3) is 3.66. The van der Waals surface area contributed by atoms with Crippen LogP contribution in [0.4, 0.5) is 0 Å². The van der Waals surface area contributed by atoms with Gasteiger partial charge in [-0.1, -0.05) is 5.21 Å². The predicted octanol–water partition coefficient (Wildman–Crippen LogP) is 0.413. The van der Waals surface area contributed by atoms with Crippen LogP contribution in [0, 0.1) is 0 Å². The fraction of sp³-hybridized carbons (Fsp3) is 0.294. The minimum Gasteiger partial charge on any atom is -0.349 e. The minimum atomic E-state index is -0.286. The molecule has 9 nitrogen and oxygen atoms in total. The molecule has 1 aliphatic carbocycles. The Morgan fingerprint density at radius 1 is 1.27 bits per heavy atom. The fourth-order valence-corrected chi connectivity index (χ4v) is 2.56. The van der Waals surface area contributed by atoms with Crippen LogP contribution in [0.3, 0.4) is 0 Å². The molecule has 1 N–H and O–H groups in total. The fourth-order valence-electron chi connectivity index (χ4n) is 2.56. The Morgan fingerprint density at radius 2 is 2.08 bits per heavy atom. The molecule has 0 aromatic carbocycles. The van der Waals surface area contributed by atoms with E-state index in [0.717, 1.165) is 24.2 Å². The third-order valence-electron chi connectivity index (χ3n) is 4.14. The molecular weight excluding hydrogens is 334 g/mol. The van der Waals surface area contributed by atoms with E-state index < -0.39 is 0 Å². The van der Waals surface area contributed by atoms with Gasteiger partial charge in [0.2, 0.25) is 5.91 Å². The number of nitrogens with zero attached hydrogens (tertiary/aromatic N) is 6. The second-order valence-corrected chi connectivity index (χ2v) is 6.19. The molecule has 1 fully saturated rings. The summed E-state index contributed by atoms with van der Waals surface area (Å²) in [5.41, 5.74) is 2.06. The van der Waals surface area contributed by atoms with E-state index in [1.54, 1.807) is 23.3 Å². The van der Waals surface area contributed by atoms with E-state index in [0.29, 0.717) is 11.6 Å². The highest BCUT2D eigenvalue weighted by Crippen LogP contribution is 2.38. The second kappa shape index (κ2) is 6.87. The first kappa shape index (κ1) is 16.1. The van der Waals surface area contributed by atoms with Gasteiger partial charge in [-0.3, -0.25) is 19.1 Å². The Bertz CT molecular complexity index is 976. The van der Waals surface area contributed by atoms with Gasteiger partial charge in [0.25, 0.3) is 5.56 Å². The van der Waals surface area contributed by atoms with E-state index in [4.69, 9.17) is 0 Å². The molecule has 3 aromatic heterocycles. The largest absolute Gasteiger partial charge is 0.349 e. The predicted molar refractivity (Wildman–Crippen MR) is 91.5 cm³/mol. The molecule has 9 heteroatoms. The first-order valence-electron chi connectivity index (χ1n) is 8.34. The normalized spacial score (nSPS) is 13.5. The zero-order valence-electron chi connectivity index (χ0n) is 13.9. The summed E-state index contributed by atoms with van der Waals surface area (Å²) in [5, 5.41) is 10.8. The Hall–Kier alpha value is -3.36. The number of carbonyl (C=O) groups excluding carboxylic acids is 1. The molecule has 4 rings (SSSR count). The van der Waals surface area contributed by atoms with Crippen molar-refractivity contribution in [3.8, 4) is 5.69 Å². The summed E-state index contributed by atoms with van der Waals surface area (Å²) in [4.78, 5) is 32.4. The standard InChI is InChI=1S/C17H17N7O2/c25-16(10-23-11-20-15(7-17(23)26)12-1-2-12)19-8-13-9-24(22-21-13)14-3-5-18-6-4-14/h3-7,9,11-12H,1-2,8,10H2,(H,19,25). The number of carbonyl (C=O) groups is 1. The van der Waals surface area contributed by atoms with Gasteiger partial charge in [0, 0.05) is 24.4 Å². The highest BCUT2D eigenvalue weighted by Gasteiger charge is 2.25. The number of hydrogen-bond donors (Lipinski definition) is 1. The maximum atomic E-state index is 12.1. The number of aromatic nitrogens is 6. The van der Waals surface area contributed by atoms with Crippen molar-refractivity contribution in [2.45, 2.75) is 31.8 Å². The van der Waals surface area contributed by atoms with Gasteiger partial charge in [0.1, 0.15) is 12.2 Å². The van der Waals surface area contributed by atoms with Crippen LogP contribution < -0.4 is 10.9 Å². The molecule has 0 radical (unpaired) electrons. The lowest BCUT2D eigenvalue weighted by molar-refractivity contribution is -0.121. The maximum absolute atomic E-state index is 12.1. The number of hydrogen-bond acceptors (Lipinski definition) is 6. The van der Waals surface area contributed by atoms with E-state index in [1.165, 1.54) is 17.0 Å². The highest BCUT2D eigenvalue weighted by atomic mass is 16.2. The Labute approximate surface area is 148 Å². The highest BCUT2D eigenvalue weighted by molar-refractivity contribution is 5.75. The SMILES string of the molecule is O=C(Cn1cnc(C2CC2)cc1=O)NCc1cn(-c2ccncc2)nn1. The topological polar surface area (TPSA) is 108 Å². The van der Waals surface area contributed by atoms with Gasteiger partial charge in [-0.05, 0) is 25.0 Å². The van der Waals surface area contributed by atoms with Crippen LogP contribution in [0.25, 0.3) is 5.69 Å². The van der Waals surface area contributed by atoms with Crippen molar-refractivity contribution in [2.75, 3.05) is 0 Å². The summed E-state index contributed by atoms with van der Waals surface area (Å²) in [5.74, 6) is 0.126. The lowest BCUT2D eigenvalue weighted by Gasteiger charge is -2.06. The quantitative estimate of drug-likeness (QED) is 0.689. The van der Waals surface area contributed by atoms with Crippen molar-refractivity contribution in [1.29, 1.82) is 0 Å². The van der Waals surface area contributed by atoms with Crippen LogP contribution in [0.15, 0.2) is 47.9 Å². The Morgan fingerprint density at radius 3 is 2.81 bits per heavy atom. The van der Waals surface area contributed by atoms with Gasteiger partial charge in [-0.25, -0.2) is 9.67 Å². The number of nitrogens with one attached hydrogen (secondary N) is 1. The zero-order chi connectivity index (χ0) is 17.9. The Balaban J connectivity index is 1.34. The monoisotopic (exact) mass is 351 g/mol. The molecule has 3 heterocycles. The van der Waals surface area contributed by atoms with Crippen molar-refractivity contribution in [1.82, 2.24) is 34.8 Å². The van der Waals surface area contributed by atoms with E-state index in [9.17, 15) is 9.59 Å². The lowest BCUT2D eigenvalue weighted by Crippen LogP contribution is -2.32. The van der Waals surface area contributed by atoms with E-state index in [2.05, 4.69) is 25.6 Å². The molecule has 0 aliphatic heterocycles. The van der Waals surface area contributed by atoms with Gasteiger partial charge in [0.15, 0.2) is 0 Å². The number of pyridine rings is 1. The number of amides is 1. The van der Waals surface area contributed by atoms with Gasteiger partial charge < -0.3 is 5.32 Å². The molecule has 1 amide bonds. The van der Waals surface area contributed by atoms with E-state index >= 15 is 0 Å². The third-order valence-corrected chi connectivity index (χ3v) is 4.14. The summed E-state index contributed by atoms with van der Waals surface area (Å²) in [6, 6.07) is 5.13. The first-order chi connectivity index (χ1) is 12.7. The van der Waals surface area contributed by atoms with E-state index in [-0.39, 0.29) is 24.6 Å². The molecule has 0 unspecified atom stereocenters. The van der Waals surface area contributed by atoms with Crippen LogP contribution >= 0.6 is 0 Å². The van der Waals surface area contributed by atoms with Gasteiger partial charge in [-0.2, -0.15) is 0 Å². The van der Waals surface area contributed by atoms with Crippen molar-refractivity contribution in [3.63, 3.8) is 0 Å². The first-order valence-corrected chi connectivity index (χ1v) is 8.34. The Kier molecular flexibility index (Phi) is 4.26. The molecule has 0 bridgehead atoms. The van der Waals surface area contributed by atoms with Crippen molar-refractivity contribution in [3.05, 3.63) is 64.9 Å². The van der Waals surface area contributed by atoms with Gasteiger partial charge in [-0.15, -0.1) is 5.10 Å². The van der Waals surface area contributed by atoms with Gasteiger partial charge >= 0.3 is 0 Å². The molecular formula is C17H17N7O2. The molecule has 132 valence electrons. The molecule has 0 saturated heterocycles. The average molecular weight is 351 g/mol. The van der Waals surface area contributed by atoms with Crippen LogP contribution in [0.5, 0.6) is 0 Å². The van der Waals surface area contributed by atoms with Crippen molar-refractivity contribution < 1.29 is 4.79 Å². The van der Waals surface area contributed by atoms with Crippen LogP contribution in [0.1, 0.15) is 30.1 Å². The second-order valence-electron chi connectivity index (χ2n) is 6.19. The maximum Gasteiger partial charge on any atom is 0.254 e. The minimum absolute atomic E-state index is 0.0741. The summed E-state index contributed by atoms with van der Waals surface area (Å²) in [6.45, 7) is 0.154. The smallest absolute Gasteiger partial charge is 0.254 e. The van der Waals surface area contributed by atoms with Crippen molar-refractivity contribution in [2.24, 2.45) is 0 Å². The van der Waals surface area contributed by atoms with Crippen molar-refractivity contribution >= 4 is 5.91 Å². The number of rotatable bonds is 6. The molecule has 1 aliphatic rings. The summed E-state index contributed by atoms with van der Waals surface area (Å²) < 4.78 is 2.91. The lowest BCUT2D eigenvalue weighted by atomic mass is 10.3.